The highest BCUT2D eigenvalue weighted by Gasteiger charge is 2.29. The summed E-state index contributed by atoms with van der Waals surface area (Å²) in [5.74, 6) is 1.03. The molecule has 1 aromatic heterocycles. The highest BCUT2D eigenvalue weighted by molar-refractivity contribution is 6.03. The number of aryl methyl sites for hydroxylation is 1. The number of anilines is 3. The molecule has 0 spiro atoms. The fourth-order valence-electron chi connectivity index (χ4n) is 1.63. The largest absolute Gasteiger partial charge is 0.357 e. The molecule has 0 bridgehead atoms. The number of fused-ring (bicyclic) bond motifs is 1. The topological polar surface area (TPSA) is 70.2 Å². The van der Waals surface area contributed by atoms with Crippen molar-refractivity contribution in [3.8, 4) is 0 Å². The first-order chi connectivity index (χ1) is 8.04. The molecule has 0 saturated carbocycles. The highest BCUT2D eigenvalue weighted by atomic mass is 16.2. The minimum absolute atomic E-state index is 0.0177. The van der Waals surface area contributed by atoms with Crippen LogP contribution in [-0.2, 0) is 4.79 Å². The summed E-state index contributed by atoms with van der Waals surface area (Å²) in [5.41, 5.74) is 1.34. The number of nitrogens with one attached hydrogen (secondary N) is 2. The lowest BCUT2D eigenvalue weighted by atomic mass is 10.2. The summed E-state index contributed by atoms with van der Waals surface area (Å²) in [6.45, 7) is 3.62. The molecule has 2 N–H and O–H groups in total. The lowest BCUT2D eigenvalue weighted by Crippen LogP contribution is -2.44. The molecule has 1 aliphatic heterocycles. The molecule has 0 unspecified atom stereocenters. The number of likely N-dealkylation sites (N-methyl/N-ethyl adjacent to an activating group) is 1. The zero-order chi connectivity index (χ0) is 12.6. The van der Waals surface area contributed by atoms with Crippen LogP contribution in [0.25, 0.3) is 0 Å². The van der Waals surface area contributed by atoms with Crippen molar-refractivity contribution in [3.05, 3.63) is 5.69 Å². The summed E-state index contributed by atoms with van der Waals surface area (Å²) in [7, 11) is 1.84. The fraction of sp³-hybridized carbons (Fsp3) is 0.500. The number of aromatic nitrogens is 2. The molecule has 6 heteroatoms. The molecule has 0 aliphatic carbocycles. The number of hydrogen-bond donors (Lipinski definition) is 2. The van der Waals surface area contributed by atoms with E-state index in [0.717, 1.165) is 0 Å². The van der Waals surface area contributed by atoms with Crippen LogP contribution in [0.3, 0.4) is 0 Å². The van der Waals surface area contributed by atoms with Crippen molar-refractivity contribution < 1.29 is 6.17 Å². The van der Waals surface area contributed by atoms with Crippen LogP contribution < -0.4 is 15.5 Å². The molecule has 2 rings (SSSR count). The Kier molecular flexibility index (Phi) is 2.12. The molecule has 0 radical (unpaired) electrons. The van der Waals surface area contributed by atoms with Crippen LogP contribution in [-0.4, -0.2) is 36.0 Å². The van der Waals surface area contributed by atoms with Crippen LogP contribution in [0.2, 0.25) is 0 Å². The Hall–Kier alpha value is -1.85. The molecular formula is C10H15N5O. The van der Waals surface area contributed by atoms with Gasteiger partial charge >= 0.3 is 0 Å². The Labute approximate surface area is 95.5 Å². The van der Waals surface area contributed by atoms with E-state index in [-0.39, 0.29) is 19.0 Å². The van der Waals surface area contributed by atoms with Gasteiger partial charge in [-0.15, -0.1) is 0 Å². The van der Waals surface area contributed by atoms with Gasteiger partial charge in [-0.25, -0.2) is 4.98 Å². The quantitative estimate of drug-likeness (QED) is 0.729. The molecule has 0 saturated heterocycles. The first-order valence-corrected chi connectivity index (χ1v) is 5.00. The number of nitrogens with zero attached hydrogens (tertiary/aromatic N) is 3. The molecule has 1 atom stereocenters. The minimum Gasteiger partial charge on any atom is -0.357 e. The maximum absolute atomic E-state index is 11.7. The van der Waals surface area contributed by atoms with Crippen LogP contribution >= 0.6 is 0 Å². The summed E-state index contributed by atoms with van der Waals surface area (Å²) >= 11 is 0. The monoisotopic (exact) mass is 223 g/mol. The standard InChI is InChI=1S/C10H15N5O/c1-5-7-8(14-10(11-3)12-5)15(4)6(2)9(16)13-7/h6H,1-4H3,(H,13,16)(H,11,12,14)/t6-/m0/s1/i3T. The summed E-state index contributed by atoms with van der Waals surface area (Å²) in [4.78, 5) is 22.0. The normalized spacial score (nSPS) is 19.9. The predicted octanol–water partition coefficient (Wildman–Crippen LogP) is 0.604. The van der Waals surface area contributed by atoms with Gasteiger partial charge in [0.25, 0.3) is 0 Å². The third-order valence-electron chi connectivity index (χ3n) is 2.77. The fourth-order valence-corrected chi connectivity index (χ4v) is 1.63. The maximum atomic E-state index is 11.7. The van der Waals surface area contributed by atoms with Crippen molar-refractivity contribution in [1.82, 2.24) is 9.97 Å². The Morgan fingerprint density at radius 3 is 3.00 bits per heavy atom. The lowest BCUT2D eigenvalue weighted by molar-refractivity contribution is -0.117. The predicted molar refractivity (Wildman–Crippen MR) is 62.8 cm³/mol. The first-order valence-electron chi connectivity index (χ1n) is 5.70. The summed E-state index contributed by atoms with van der Waals surface area (Å²) in [6, 6.07) is -0.263. The van der Waals surface area contributed by atoms with Crippen LogP contribution in [0.1, 0.15) is 14.0 Å². The molecule has 86 valence electrons. The molecule has 2 heterocycles. The second kappa shape index (κ2) is 3.62. The van der Waals surface area contributed by atoms with E-state index in [0.29, 0.717) is 23.1 Å². The van der Waals surface area contributed by atoms with Gasteiger partial charge in [0, 0.05) is 15.4 Å². The molecule has 0 fully saturated rings. The Bertz CT molecular complexity index is 464. The molecule has 6 nitrogen and oxygen atoms in total. The van der Waals surface area contributed by atoms with E-state index in [1.165, 1.54) is 0 Å². The van der Waals surface area contributed by atoms with E-state index < -0.39 is 0 Å². The van der Waals surface area contributed by atoms with Crippen LogP contribution in [0, 0.1) is 6.92 Å². The summed E-state index contributed by atoms with van der Waals surface area (Å²) in [6.07, 6.45) is 0. The average Bonchev–Trinajstić information content (AvgIpc) is 2.29. The van der Waals surface area contributed by atoms with Gasteiger partial charge in [0.05, 0.1) is 5.69 Å². The number of rotatable bonds is 1. The van der Waals surface area contributed by atoms with Gasteiger partial charge in [0.15, 0.2) is 5.82 Å². The smallest absolute Gasteiger partial charge is 0.246 e. The van der Waals surface area contributed by atoms with Crippen molar-refractivity contribution in [3.63, 3.8) is 0 Å². The van der Waals surface area contributed by atoms with Gasteiger partial charge in [-0.3, -0.25) is 4.79 Å². The number of amides is 1. The number of hydrogen-bond acceptors (Lipinski definition) is 5. The van der Waals surface area contributed by atoms with E-state index in [1.54, 1.807) is 11.8 Å². The van der Waals surface area contributed by atoms with Crippen LogP contribution in [0.4, 0.5) is 17.5 Å². The second-order valence-corrected chi connectivity index (χ2v) is 3.78. The molecule has 16 heavy (non-hydrogen) atoms. The minimum atomic E-state index is -0.263. The van der Waals surface area contributed by atoms with E-state index in [4.69, 9.17) is 1.37 Å². The van der Waals surface area contributed by atoms with Crippen LogP contribution in [0.15, 0.2) is 0 Å². The number of carbonyl (C=O) groups is 1. The number of carbonyl (C=O) groups excluding carboxylic acids is 1. The average molecular weight is 223 g/mol. The van der Waals surface area contributed by atoms with Gasteiger partial charge in [0.1, 0.15) is 11.7 Å². The van der Waals surface area contributed by atoms with Gasteiger partial charge in [-0.05, 0) is 13.8 Å². The second-order valence-electron chi connectivity index (χ2n) is 3.78. The van der Waals surface area contributed by atoms with Crippen LogP contribution in [0.5, 0.6) is 0 Å². The molecule has 1 amide bonds. The highest BCUT2D eigenvalue weighted by Crippen LogP contribution is 2.31. The van der Waals surface area contributed by atoms with E-state index in [1.807, 2.05) is 14.0 Å². The molecular weight excluding hydrogens is 206 g/mol. The van der Waals surface area contributed by atoms with Crippen molar-refractivity contribution in [2.45, 2.75) is 19.9 Å². The van der Waals surface area contributed by atoms with Gasteiger partial charge in [-0.1, -0.05) is 0 Å². The van der Waals surface area contributed by atoms with E-state index >= 15 is 0 Å². The molecule has 1 aromatic rings. The van der Waals surface area contributed by atoms with E-state index in [2.05, 4.69) is 20.6 Å². The van der Waals surface area contributed by atoms with Crippen molar-refractivity contribution in [1.29, 1.82) is 0 Å². The zero-order valence-electron chi connectivity index (χ0n) is 10.5. The van der Waals surface area contributed by atoms with Crippen molar-refractivity contribution in [2.75, 3.05) is 29.6 Å². The Balaban J connectivity index is 2.49. The third kappa shape index (κ3) is 1.46. The molecule has 1 aliphatic rings. The van der Waals surface area contributed by atoms with Gasteiger partial charge in [-0.2, -0.15) is 4.98 Å². The third-order valence-corrected chi connectivity index (χ3v) is 2.77. The van der Waals surface area contributed by atoms with Crippen molar-refractivity contribution in [2.24, 2.45) is 0 Å². The van der Waals surface area contributed by atoms with Crippen molar-refractivity contribution >= 4 is 23.4 Å². The van der Waals surface area contributed by atoms with Gasteiger partial charge < -0.3 is 15.5 Å². The summed E-state index contributed by atoms with van der Waals surface area (Å²) in [5, 5.41) is 5.55. The zero-order valence-corrected chi connectivity index (χ0v) is 9.53. The molecule has 0 aromatic carbocycles. The first kappa shape index (κ1) is 9.38. The maximum Gasteiger partial charge on any atom is 0.246 e. The van der Waals surface area contributed by atoms with Gasteiger partial charge in [0.2, 0.25) is 11.9 Å². The lowest BCUT2D eigenvalue weighted by Gasteiger charge is -2.32. The van der Waals surface area contributed by atoms with E-state index in [9.17, 15) is 4.79 Å². The summed E-state index contributed by atoms with van der Waals surface area (Å²) < 4.78 is 7.10. The SMILES string of the molecule is [3H]CNc1nc(C)c2c(n1)N(C)[C@@H](C)C(=O)N2. The Morgan fingerprint density at radius 1 is 1.56 bits per heavy atom. The Morgan fingerprint density at radius 2 is 2.31 bits per heavy atom.